The highest BCUT2D eigenvalue weighted by molar-refractivity contribution is 7.90. The largest absolute Gasteiger partial charge is 0.598 e. The molecular weight excluding hydrogens is 596 g/mol. The van der Waals surface area contributed by atoms with Crippen LogP contribution >= 0.6 is 0 Å². The molecule has 4 aromatic heterocycles. The molecule has 0 saturated heterocycles. The second-order valence-electron chi connectivity index (χ2n) is 12.2. The molecule has 6 rings (SSSR count). The number of rotatable bonds is 8. The molecule has 234 valence electrons. The van der Waals surface area contributed by atoms with E-state index >= 15 is 4.39 Å². The Balaban J connectivity index is 1.25. The quantitative estimate of drug-likeness (QED) is 0.230. The fraction of sp³-hybridized carbons (Fsp3) is 0.344. The Morgan fingerprint density at radius 3 is 2.40 bits per heavy atom. The molecule has 1 N–H and O–H groups in total. The first-order valence-electron chi connectivity index (χ1n) is 14.7. The minimum absolute atomic E-state index is 0.147. The van der Waals surface area contributed by atoms with Crippen LogP contribution in [0.5, 0.6) is 0 Å². The Morgan fingerprint density at radius 1 is 0.978 bits per heavy atom. The van der Waals surface area contributed by atoms with Crippen LogP contribution in [-0.4, -0.2) is 56.7 Å². The lowest BCUT2D eigenvalue weighted by Gasteiger charge is -2.35. The zero-order valence-electron chi connectivity index (χ0n) is 25.8. The molecule has 0 fully saturated rings. The van der Waals surface area contributed by atoms with Gasteiger partial charge in [-0.25, -0.2) is 28.2 Å². The lowest BCUT2D eigenvalue weighted by atomic mass is 9.87. The van der Waals surface area contributed by atoms with E-state index in [-0.39, 0.29) is 5.56 Å². The van der Waals surface area contributed by atoms with E-state index in [1.54, 1.807) is 25.6 Å². The number of aryl methyl sites for hydroxylation is 1. The average molecular weight is 632 g/mol. The van der Waals surface area contributed by atoms with Gasteiger partial charge in [0.15, 0.2) is 11.6 Å². The van der Waals surface area contributed by atoms with Gasteiger partial charge < -0.3 is 9.45 Å². The molecule has 1 aromatic carbocycles. The molecule has 0 radical (unpaired) electrons. The molecule has 0 spiro atoms. The lowest BCUT2D eigenvalue weighted by Crippen LogP contribution is -2.51. The fourth-order valence-corrected chi connectivity index (χ4v) is 6.23. The minimum Gasteiger partial charge on any atom is -0.598 e. The van der Waals surface area contributed by atoms with E-state index in [9.17, 15) is 8.94 Å². The maximum Gasteiger partial charge on any atom is 0.156 e. The fourth-order valence-electron chi connectivity index (χ4n) is 5.32. The highest BCUT2D eigenvalue weighted by Gasteiger charge is 2.41. The van der Waals surface area contributed by atoms with Crippen molar-refractivity contribution in [2.75, 3.05) is 18.0 Å². The monoisotopic (exact) mass is 631 g/mol. The number of nitrogens with zero attached hydrogens (tertiary/aromatic N) is 8. The predicted octanol–water partition coefficient (Wildman–Crippen LogP) is 5.29. The normalized spacial score (nSPS) is 16.1. The SMILES string of the molecule is CCn1cc(-c2cc3c(N4CC=C(c5ncc(C(C)(N[S+]([O-])C(C)(C)C)c6ccc(F)cc6F)cn5)CC4)ncnn3c2)cn1. The van der Waals surface area contributed by atoms with Crippen molar-refractivity contribution in [2.24, 2.45) is 0 Å². The molecule has 0 aliphatic carbocycles. The van der Waals surface area contributed by atoms with E-state index < -0.39 is 33.3 Å². The van der Waals surface area contributed by atoms with Crippen molar-refractivity contribution in [2.45, 2.75) is 57.9 Å². The standard InChI is InChI=1S/C32H35F2N9OS/c1-6-42-18-23(15-38-42)22-13-28-30(37-20-39-43(28)19-22)41-11-9-21(10-12-41)29-35-16-24(17-36-29)32(5,40-45(44)31(2,3)4)26-8-7-25(33)14-27(26)34/h7-9,13-20,40H,6,10-12H2,1-5H3. The van der Waals surface area contributed by atoms with Gasteiger partial charge in [0.1, 0.15) is 33.8 Å². The molecule has 1 aliphatic heterocycles. The predicted molar refractivity (Wildman–Crippen MR) is 171 cm³/mol. The smallest absolute Gasteiger partial charge is 0.156 e. The van der Waals surface area contributed by atoms with Crippen LogP contribution in [0.2, 0.25) is 0 Å². The first-order chi connectivity index (χ1) is 21.5. The van der Waals surface area contributed by atoms with Gasteiger partial charge in [-0.1, -0.05) is 12.1 Å². The number of fused-ring (bicyclic) bond motifs is 1. The van der Waals surface area contributed by atoms with Crippen molar-refractivity contribution in [1.29, 1.82) is 0 Å². The summed E-state index contributed by atoms with van der Waals surface area (Å²) in [7, 11) is 0. The third-order valence-electron chi connectivity index (χ3n) is 8.02. The Labute approximate surface area is 263 Å². The van der Waals surface area contributed by atoms with Gasteiger partial charge in [-0.3, -0.25) is 4.68 Å². The van der Waals surface area contributed by atoms with Gasteiger partial charge in [0.2, 0.25) is 0 Å². The Kier molecular flexibility index (Phi) is 8.18. The molecule has 5 heterocycles. The van der Waals surface area contributed by atoms with Crippen LogP contribution in [-0.2, 0) is 23.4 Å². The first-order valence-corrected chi connectivity index (χ1v) is 15.9. The van der Waals surface area contributed by atoms with Gasteiger partial charge >= 0.3 is 0 Å². The van der Waals surface area contributed by atoms with Crippen molar-refractivity contribution < 1.29 is 13.3 Å². The zero-order valence-corrected chi connectivity index (χ0v) is 26.6. The van der Waals surface area contributed by atoms with Crippen molar-refractivity contribution >= 4 is 28.3 Å². The van der Waals surface area contributed by atoms with E-state index in [1.165, 1.54) is 12.1 Å². The lowest BCUT2D eigenvalue weighted by molar-refractivity contribution is 0.456. The summed E-state index contributed by atoms with van der Waals surface area (Å²) in [4.78, 5) is 16.1. The topological polar surface area (TPSA) is 112 Å². The Hall–Kier alpha value is -4.20. The molecule has 0 saturated carbocycles. The average Bonchev–Trinajstić information content (AvgIpc) is 3.68. The van der Waals surface area contributed by atoms with Crippen molar-refractivity contribution in [3.05, 3.63) is 96.2 Å². The third-order valence-corrected chi connectivity index (χ3v) is 9.73. The number of hydrogen-bond acceptors (Lipinski definition) is 8. The minimum atomic E-state index is -1.57. The van der Waals surface area contributed by atoms with Crippen LogP contribution in [0.4, 0.5) is 14.6 Å². The van der Waals surface area contributed by atoms with E-state index in [4.69, 9.17) is 0 Å². The number of aromatic nitrogens is 7. The second-order valence-corrected chi connectivity index (χ2v) is 14.1. The Bertz CT molecular complexity index is 1860. The van der Waals surface area contributed by atoms with Crippen LogP contribution < -0.4 is 9.62 Å². The molecule has 5 aromatic rings. The summed E-state index contributed by atoms with van der Waals surface area (Å²) >= 11 is -1.57. The molecule has 1 aliphatic rings. The second kappa shape index (κ2) is 12.0. The maximum absolute atomic E-state index is 15.1. The summed E-state index contributed by atoms with van der Waals surface area (Å²) in [5.41, 5.74) is 3.29. The molecule has 0 bridgehead atoms. The van der Waals surface area contributed by atoms with Gasteiger partial charge in [-0.05, 0) is 58.7 Å². The van der Waals surface area contributed by atoms with Crippen molar-refractivity contribution in [3.63, 3.8) is 0 Å². The van der Waals surface area contributed by atoms with Crippen LogP contribution in [0.15, 0.2) is 67.7 Å². The molecule has 2 unspecified atom stereocenters. The summed E-state index contributed by atoms with van der Waals surface area (Å²) in [6.45, 7) is 11.3. The van der Waals surface area contributed by atoms with Gasteiger partial charge in [0, 0.05) is 84.1 Å². The van der Waals surface area contributed by atoms with Crippen LogP contribution in [0.25, 0.3) is 22.2 Å². The number of halogens is 2. The third kappa shape index (κ3) is 6.07. The summed E-state index contributed by atoms with van der Waals surface area (Å²) in [6, 6.07) is 5.45. The number of nitrogens with one attached hydrogen (secondary N) is 1. The molecule has 0 amide bonds. The molecule has 45 heavy (non-hydrogen) atoms. The van der Waals surface area contributed by atoms with Gasteiger partial charge in [-0.2, -0.15) is 10.2 Å². The maximum atomic E-state index is 15.1. The Morgan fingerprint density at radius 2 is 1.76 bits per heavy atom. The van der Waals surface area contributed by atoms with Crippen molar-refractivity contribution in [3.8, 4) is 11.1 Å². The van der Waals surface area contributed by atoms with Gasteiger partial charge in [-0.15, -0.1) is 4.72 Å². The van der Waals surface area contributed by atoms with Crippen LogP contribution in [0.3, 0.4) is 0 Å². The molecular formula is C32H35F2N9OS. The van der Waals surface area contributed by atoms with Crippen molar-refractivity contribution in [1.82, 2.24) is 39.1 Å². The number of hydrogen-bond donors (Lipinski definition) is 1. The number of anilines is 1. The highest BCUT2D eigenvalue weighted by Crippen LogP contribution is 2.34. The summed E-state index contributed by atoms with van der Waals surface area (Å²) in [6.07, 6.45) is 13.4. The van der Waals surface area contributed by atoms with E-state index in [1.807, 2.05) is 48.6 Å². The van der Waals surface area contributed by atoms with Crippen LogP contribution in [0, 0.1) is 11.6 Å². The molecule has 13 heteroatoms. The molecule has 2 atom stereocenters. The van der Waals surface area contributed by atoms with E-state index in [0.717, 1.165) is 40.6 Å². The highest BCUT2D eigenvalue weighted by atomic mass is 32.2. The van der Waals surface area contributed by atoms with E-state index in [2.05, 4.69) is 53.8 Å². The van der Waals surface area contributed by atoms with E-state index in [0.29, 0.717) is 30.9 Å². The van der Waals surface area contributed by atoms with Gasteiger partial charge in [0.05, 0.1) is 6.20 Å². The number of benzene rings is 1. The first kappa shape index (κ1) is 30.8. The summed E-state index contributed by atoms with van der Waals surface area (Å²) < 4.78 is 48.2. The molecule has 10 nitrogen and oxygen atoms in total. The summed E-state index contributed by atoms with van der Waals surface area (Å²) in [5.74, 6) is -0.0479. The van der Waals surface area contributed by atoms with Crippen LogP contribution in [0.1, 0.15) is 58.0 Å². The van der Waals surface area contributed by atoms with Gasteiger partial charge in [0.25, 0.3) is 0 Å². The summed E-state index contributed by atoms with van der Waals surface area (Å²) in [5, 5.41) is 8.80. The zero-order chi connectivity index (χ0) is 31.9.